The Kier molecular flexibility index (Phi) is 3.76. The largest absolute Gasteiger partial charge is 0.393 e. The zero-order chi connectivity index (χ0) is 12.3. The zero-order valence-corrected chi connectivity index (χ0v) is 9.45. The fraction of sp³-hybridized carbons (Fsp3) is 0.462. The van der Waals surface area contributed by atoms with Crippen LogP contribution in [-0.2, 0) is 9.68 Å². The van der Waals surface area contributed by atoms with E-state index in [0.717, 1.165) is 12.0 Å². The first-order chi connectivity index (χ1) is 8.22. The van der Waals surface area contributed by atoms with Crippen LogP contribution in [0.4, 0.5) is 0 Å². The maximum absolute atomic E-state index is 11.7. The third kappa shape index (κ3) is 2.65. The van der Waals surface area contributed by atoms with Gasteiger partial charge in [-0.2, -0.15) is 5.26 Å². The van der Waals surface area contributed by atoms with Gasteiger partial charge in [-0.3, -0.25) is 0 Å². The van der Waals surface area contributed by atoms with Gasteiger partial charge in [0, 0.05) is 0 Å². The Balaban J connectivity index is 2.23. The highest BCUT2D eigenvalue weighted by molar-refractivity contribution is 5.78. The van der Waals surface area contributed by atoms with Crippen molar-refractivity contribution in [2.45, 2.75) is 31.3 Å². The number of hydrogen-bond donors (Lipinski definition) is 2. The lowest BCUT2D eigenvalue weighted by Gasteiger charge is -2.20. The molecule has 2 unspecified atom stereocenters. The molecule has 4 nitrogen and oxygen atoms in total. The van der Waals surface area contributed by atoms with E-state index in [1.54, 1.807) is 0 Å². The van der Waals surface area contributed by atoms with Gasteiger partial charge in [0.2, 0.25) is 0 Å². The lowest BCUT2D eigenvalue weighted by Crippen LogP contribution is -2.22. The highest BCUT2D eigenvalue weighted by Crippen LogP contribution is 2.38. The fourth-order valence-electron chi connectivity index (χ4n) is 2.61. The summed E-state index contributed by atoms with van der Waals surface area (Å²) in [7, 11) is 0. The molecule has 2 rings (SSSR count). The van der Waals surface area contributed by atoms with Crippen molar-refractivity contribution in [1.82, 2.24) is 0 Å². The van der Waals surface area contributed by atoms with Gasteiger partial charge in [0.25, 0.3) is 0 Å². The summed E-state index contributed by atoms with van der Waals surface area (Å²) in [4.78, 5) is 15.5. The summed E-state index contributed by atoms with van der Waals surface area (Å²) < 4.78 is 0. The van der Waals surface area contributed by atoms with Crippen molar-refractivity contribution < 1.29 is 20.0 Å². The van der Waals surface area contributed by atoms with Crippen molar-refractivity contribution in [3.8, 4) is 0 Å². The number of carbonyl (C=O) groups is 1. The Morgan fingerprint density at radius 3 is 2.53 bits per heavy atom. The van der Waals surface area contributed by atoms with Crippen molar-refractivity contribution in [1.29, 1.82) is 0 Å². The van der Waals surface area contributed by atoms with Crippen molar-refractivity contribution in [2.24, 2.45) is 5.92 Å². The van der Waals surface area contributed by atoms with Crippen LogP contribution in [0.5, 0.6) is 0 Å². The quantitative estimate of drug-likeness (QED) is 0.621. The molecule has 3 atom stereocenters. The van der Waals surface area contributed by atoms with E-state index < -0.39 is 11.9 Å². The number of aliphatic hydroxyl groups is 1. The molecule has 2 N–H and O–H groups in total. The van der Waals surface area contributed by atoms with Crippen LogP contribution in [-0.4, -0.2) is 22.4 Å². The van der Waals surface area contributed by atoms with Crippen molar-refractivity contribution in [2.75, 3.05) is 0 Å². The Morgan fingerprint density at radius 1 is 1.29 bits per heavy atom. The number of carbonyl (C=O) groups excluding carboxylic acids is 1. The first-order valence-electron chi connectivity index (χ1n) is 5.80. The Hall–Kier alpha value is -1.39. The maximum Gasteiger partial charge on any atom is 0.349 e. The standard InChI is InChI=1S/C13H16O4/c14-11-7-6-10(8-11)12(13(15)17-16)9-4-2-1-3-5-9/h1-5,10-12,14,16H,6-8H2/t10?,11?,12-/m0/s1. The topological polar surface area (TPSA) is 66.8 Å². The highest BCUT2D eigenvalue weighted by atomic mass is 17.1. The molecule has 0 amide bonds. The summed E-state index contributed by atoms with van der Waals surface area (Å²) in [6.07, 6.45) is 1.70. The average Bonchev–Trinajstić information content (AvgIpc) is 2.77. The molecule has 92 valence electrons. The van der Waals surface area contributed by atoms with E-state index >= 15 is 0 Å². The van der Waals surface area contributed by atoms with E-state index in [4.69, 9.17) is 5.26 Å². The molecular weight excluding hydrogens is 220 g/mol. The van der Waals surface area contributed by atoms with Crippen LogP contribution in [0.25, 0.3) is 0 Å². The van der Waals surface area contributed by atoms with E-state index in [-0.39, 0.29) is 12.0 Å². The third-order valence-corrected chi connectivity index (χ3v) is 3.42. The first-order valence-corrected chi connectivity index (χ1v) is 5.80. The van der Waals surface area contributed by atoms with Crippen molar-refractivity contribution in [3.05, 3.63) is 35.9 Å². The average molecular weight is 236 g/mol. The third-order valence-electron chi connectivity index (χ3n) is 3.42. The Labute approximate surface area is 99.8 Å². The second-order valence-corrected chi connectivity index (χ2v) is 4.53. The lowest BCUT2D eigenvalue weighted by atomic mass is 9.85. The molecular formula is C13H16O4. The molecule has 0 heterocycles. The van der Waals surface area contributed by atoms with Crippen molar-refractivity contribution in [3.63, 3.8) is 0 Å². The van der Waals surface area contributed by atoms with Crippen LogP contribution in [0.2, 0.25) is 0 Å². The molecule has 1 aliphatic rings. The SMILES string of the molecule is O=C(OO)[C@@H](c1ccccc1)C1CCC(O)C1. The molecule has 1 saturated carbocycles. The molecule has 17 heavy (non-hydrogen) atoms. The van der Waals surface area contributed by atoms with Gasteiger partial charge in [-0.1, -0.05) is 30.3 Å². The Bertz CT molecular complexity index is 376. The summed E-state index contributed by atoms with van der Waals surface area (Å²) in [5.41, 5.74) is 0.825. The highest BCUT2D eigenvalue weighted by Gasteiger charge is 2.36. The predicted octanol–water partition coefficient (Wildman–Crippen LogP) is 1.95. The summed E-state index contributed by atoms with van der Waals surface area (Å²) in [6.45, 7) is 0. The number of rotatable bonds is 3. The van der Waals surface area contributed by atoms with Crippen LogP contribution in [0.3, 0.4) is 0 Å². The minimum atomic E-state index is -0.643. The molecule has 1 aromatic carbocycles. The monoisotopic (exact) mass is 236 g/mol. The van der Waals surface area contributed by atoms with Crippen LogP contribution in [0.1, 0.15) is 30.7 Å². The molecule has 0 spiro atoms. The molecule has 0 aromatic heterocycles. The number of aliphatic hydroxyl groups excluding tert-OH is 1. The molecule has 1 fully saturated rings. The number of benzene rings is 1. The molecule has 0 aliphatic heterocycles. The minimum Gasteiger partial charge on any atom is -0.393 e. The summed E-state index contributed by atoms with van der Waals surface area (Å²) >= 11 is 0. The Morgan fingerprint density at radius 2 is 2.00 bits per heavy atom. The lowest BCUT2D eigenvalue weighted by molar-refractivity contribution is -0.237. The van der Waals surface area contributed by atoms with Gasteiger partial charge in [-0.25, -0.2) is 4.79 Å². The molecule has 4 heteroatoms. The first kappa shape index (κ1) is 12.1. The number of hydrogen-bond acceptors (Lipinski definition) is 4. The van der Waals surface area contributed by atoms with Gasteiger partial charge in [-0.15, -0.1) is 0 Å². The van der Waals surface area contributed by atoms with Crippen LogP contribution >= 0.6 is 0 Å². The minimum absolute atomic E-state index is 0.0343. The molecule has 1 aliphatic carbocycles. The molecule has 0 radical (unpaired) electrons. The normalized spacial score (nSPS) is 25.5. The summed E-state index contributed by atoms with van der Waals surface area (Å²) in [5, 5.41) is 18.1. The van der Waals surface area contributed by atoms with Crippen LogP contribution in [0, 0.1) is 5.92 Å². The second-order valence-electron chi connectivity index (χ2n) is 4.53. The smallest absolute Gasteiger partial charge is 0.349 e. The van der Waals surface area contributed by atoms with E-state index in [1.807, 2.05) is 30.3 Å². The zero-order valence-electron chi connectivity index (χ0n) is 9.45. The van der Waals surface area contributed by atoms with Crippen LogP contribution in [0.15, 0.2) is 30.3 Å². The van der Waals surface area contributed by atoms with Crippen LogP contribution < -0.4 is 0 Å². The fourth-order valence-corrected chi connectivity index (χ4v) is 2.61. The molecule has 0 bridgehead atoms. The van der Waals surface area contributed by atoms with E-state index in [9.17, 15) is 9.90 Å². The predicted molar refractivity (Wildman–Crippen MR) is 61.3 cm³/mol. The van der Waals surface area contributed by atoms with E-state index in [2.05, 4.69) is 4.89 Å². The van der Waals surface area contributed by atoms with E-state index in [0.29, 0.717) is 12.8 Å². The van der Waals surface area contributed by atoms with E-state index in [1.165, 1.54) is 0 Å². The second kappa shape index (κ2) is 5.29. The van der Waals surface area contributed by atoms with Gasteiger partial charge < -0.3 is 9.99 Å². The van der Waals surface area contributed by atoms with Gasteiger partial charge in [-0.05, 0) is 30.7 Å². The summed E-state index contributed by atoms with van der Waals surface area (Å²) in [6, 6.07) is 9.24. The molecule has 0 saturated heterocycles. The maximum atomic E-state index is 11.7. The molecule has 1 aromatic rings. The van der Waals surface area contributed by atoms with Gasteiger partial charge >= 0.3 is 5.97 Å². The van der Waals surface area contributed by atoms with Gasteiger partial charge in [0.15, 0.2) is 0 Å². The van der Waals surface area contributed by atoms with Gasteiger partial charge in [0.05, 0.1) is 12.0 Å². The van der Waals surface area contributed by atoms with Gasteiger partial charge in [0.1, 0.15) is 0 Å². The van der Waals surface area contributed by atoms with Crippen molar-refractivity contribution >= 4 is 5.97 Å². The summed E-state index contributed by atoms with van der Waals surface area (Å²) in [5.74, 6) is -1.10.